The van der Waals surface area contributed by atoms with Crippen LogP contribution in [-0.4, -0.2) is 174 Å². The van der Waals surface area contributed by atoms with Crippen molar-refractivity contribution in [3.05, 3.63) is 90.0 Å². The highest BCUT2D eigenvalue weighted by Crippen LogP contribution is 2.16. The van der Waals surface area contributed by atoms with Crippen molar-refractivity contribution in [2.45, 2.75) is 166 Å². The topological polar surface area (TPSA) is 443 Å². The number of methoxy groups -OCH3 is 2. The van der Waals surface area contributed by atoms with Gasteiger partial charge in [0.05, 0.1) is 52.5 Å². The molecule has 0 saturated heterocycles. The van der Waals surface area contributed by atoms with E-state index in [9.17, 15) is 67.7 Å². The minimum absolute atomic E-state index is 0.0209. The highest BCUT2D eigenvalue weighted by atomic mass is 16.5. The SMILES string of the molecule is COC(=O)[C@H](Cc1ccccc1)NC(=O)[C@H](CC(N)=O)NC(=O)[C@H](CC(C)C)NC(=O)[C@@H](NC(=O)CCCOc1cccc(OCCCC(=O)N[C@H](C(=O)N[C@@H](CC(C)C)C(=O)N[C@@H](CC(N)=O)C(=O)N[C@@H](Cc2ccccc2)C(=O)OC)C(C)O)n1)C(C)O. The minimum Gasteiger partial charge on any atom is -0.478 e. The number of amides is 10. The van der Waals surface area contributed by atoms with Crippen LogP contribution < -0.4 is 63.5 Å². The van der Waals surface area contributed by atoms with E-state index >= 15 is 0 Å². The lowest BCUT2D eigenvalue weighted by Crippen LogP contribution is -2.60. The highest BCUT2D eigenvalue weighted by molar-refractivity contribution is 5.98. The molecule has 29 heteroatoms. The van der Waals surface area contributed by atoms with Crippen LogP contribution in [0.4, 0.5) is 0 Å². The molecule has 0 spiro atoms. The van der Waals surface area contributed by atoms with Crippen LogP contribution in [0.15, 0.2) is 78.9 Å². The van der Waals surface area contributed by atoms with Gasteiger partial charge in [-0.2, -0.15) is 4.98 Å². The van der Waals surface area contributed by atoms with Crippen molar-refractivity contribution in [1.29, 1.82) is 0 Å². The predicted molar refractivity (Wildman–Crippen MR) is 323 cm³/mol. The largest absolute Gasteiger partial charge is 0.478 e. The van der Waals surface area contributed by atoms with Crippen molar-refractivity contribution in [2.24, 2.45) is 23.3 Å². The van der Waals surface area contributed by atoms with Crippen LogP contribution >= 0.6 is 0 Å². The van der Waals surface area contributed by atoms with Crippen LogP contribution in [0, 0.1) is 11.8 Å². The fourth-order valence-corrected chi connectivity index (χ4v) is 8.89. The highest BCUT2D eigenvalue weighted by Gasteiger charge is 2.36. The number of aliphatic hydroxyl groups is 2. The summed E-state index contributed by atoms with van der Waals surface area (Å²) in [6.07, 6.45) is -4.31. The number of carbonyl (C=O) groups excluding carboxylic acids is 12. The number of esters is 2. The zero-order valence-corrected chi connectivity index (χ0v) is 51.9. The van der Waals surface area contributed by atoms with Gasteiger partial charge < -0.3 is 83.2 Å². The summed E-state index contributed by atoms with van der Waals surface area (Å²) >= 11 is 0. The van der Waals surface area contributed by atoms with Gasteiger partial charge in [-0.15, -0.1) is 0 Å². The first-order chi connectivity index (χ1) is 42.6. The molecule has 0 aliphatic rings. The molecule has 1 heterocycles. The molecule has 14 N–H and O–H groups in total. The zero-order valence-electron chi connectivity index (χ0n) is 51.9. The second-order valence-electron chi connectivity index (χ2n) is 22.2. The van der Waals surface area contributed by atoms with Gasteiger partial charge in [0, 0.05) is 37.8 Å². The van der Waals surface area contributed by atoms with Gasteiger partial charge in [-0.05, 0) is 62.5 Å². The summed E-state index contributed by atoms with van der Waals surface area (Å²) in [5.41, 5.74) is 12.2. The molecule has 1 aromatic heterocycles. The van der Waals surface area contributed by atoms with E-state index in [2.05, 4.69) is 47.5 Å². The average Bonchev–Trinajstić information content (AvgIpc) is 2.00. The molecule has 2 aromatic carbocycles. The maximum atomic E-state index is 13.7. The summed E-state index contributed by atoms with van der Waals surface area (Å²) in [5, 5.41) is 41.1. The number of primary amides is 2. The number of aliphatic hydroxyl groups excluding tert-OH is 2. The van der Waals surface area contributed by atoms with E-state index in [1.807, 2.05) is 0 Å². The number of hydrogen-bond donors (Lipinski definition) is 12. The maximum absolute atomic E-state index is 13.7. The average molecular weight is 1260 g/mol. The van der Waals surface area contributed by atoms with Gasteiger partial charge in [-0.3, -0.25) is 47.9 Å². The summed E-state index contributed by atoms with van der Waals surface area (Å²) in [6, 6.07) is 10.7. The van der Waals surface area contributed by atoms with Gasteiger partial charge in [-0.1, -0.05) is 94.4 Å². The number of ether oxygens (including phenoxy) is 4. The van der Waals surface area contributed by atoms with E-state index in [-0.39, 0.29) is 88.2 Å². The van der Waals surface area contributed by atoms with Crippen molar-refractivity contribution >= 4 is 71.0 Å². The normalized spacial score (nSPS) is 14.4. The van der Waals surface area contributed by atoms with E-state index in [0.717, 1.165) is 14.2 Å². The fourth-order valence-electron chi connectivity index (χ4n) is 8.89. The van der Waals surface area contributed by atoms with Gasteiger partial charge in [0.15, 0.2) is 0 Å². The molecule has 3 aromatic rings. The van der Waals surface area contributed by atoms with E-state index in [1.165, 1.54) is 26.0 Å². The second-order valence-corrected chi connectivity index (χ2v) is 22.2. The summed E-state index contributed by atoms with van der Waals surface area (Å²) in [5.74, 6) is -10.5. The summed E-state index contributed by atoms with van der Waals surface area (Å²) in [4.78, 5) is 162. The molecule has 0 bridgehead atoms. The first-order valence-electron chi connectivity index (χ1n) is 29.4. The third kappa shape index (κ3) is 27.8. The number of carbonyl (C=O) groups is 12. The van der Waals surface area contributed by atoms with Crippen LogP contribution in [0.2, 0.25) is 0 Å². The molecule has 0 saturated carbocycles. The lowest BCUT2D eigenvalue weighted by atomic mass is 10.0. The first-order valence-corrected chi connectivity index (χ1v) is 29.4. The zero-order chi connectivity index (χ0) is 67.0. The van der Waals surface area contributed by atoms with Gasteiger partial charge in [0.25, 0.3) is 0 Å². The number of pyridine rings is 1. The number of nitrogens with two attached hydrogens (primary N) is 2. The van der Waals surface area contributed by atoms with Gasteiger partial charge in [0.2, 0.25) is 70.8 Å². The quantitative estimate of drug-likeness (QED) is 0.0233. The van der Waals surface area contributed by atoms with Crippen LogP contribution in [0.3, 0.4) is 0 Å². The molecule has 494 valence electrons. The number of nitrogens with one attached hydrogen (secondary N) is 8. The Morgan fingerprint density at radius 1 is 0.433 bits per heavy atom. The monoisotopic (exact) mass is 1260 g/mol. The van der Waals surface area contributed by atoms with E-state index in [0.29, 0.717) is 11.1 Å². The molecule has 90 heavy (non-hydrogen) atoms. The molecule has 2 unspecified atom stereocenters. The van der Waals surface area contributed by atoms with Crippen LogP contribution in [-0.2, 0) is 79.8 Å². The lowest BCUT2D eigenvalue weighted by molar-refractivity contribution is -0.146. The fraction of sp³-hybridized carbons (Fsp3) is 0.525. The van der Waals surface area contributed by atoms with Crippen LogP contribution in [0.5, 0.6) is 11.8 Å². The Labute approximate surface area is 522 Å². The van der Waals surface area contributed by atoms with Gasteiger partial charge in [-0.25, -0.2) is 9.59 Å². The molecule has 3 rings (SSSR count). The number of benzene rings is 2. The Bertz CT molecular complexity index is 2690. The van der Waals surface area contributed by atoms with Crippen molar-refractivity contribution < 1.29 is 86.7 Å². The Morgan fingerprint density at radius 3 is 1.07 bits per heavy atom. The molecular formula is C61H87N11O18. The Hall–Kier alpha value is -9.25. The first kappa shape index (κ1) is 75.0. The maximum Gasteiger partial charge on any atom is 0.328 e. The molecule has 10 amide bonds. The Balaban J connectivity index is 1.53. The summed E-state index contributed by atoms with van der Waals surface area (Å²) in [7, 11) is 2.27. The third-order valence-corrected chi connectivity index (χ3v) is 13.4. The van der Waals surface area contributed by atoms with Crippen molar-refractivity contribution in [1.82, 2.24) is 47.5 Å². The number of nitrogens with zero attached hydrogens (tertiary/aromatic N) is 1. The Morgan fingerprint density at radius 2 is 0.756 bits per heavy atom. The molecule has 29 nitrogen and oxygen atoms in total. The van der Waals surface area contributed by atoms with Crippen molar-refractivity contribution in [2.75, 3.05) is 27.4 Å². The predicted octanol–water partition coefficient (Wildman–Crippen LogP) is -1.29. The lowest BCUT2D eigenvalue weighted by Gasteiger charge is -2.27. The molecule has 10 atom stereocenters. The summed E-state index contributed by atoms with van der Waals surface area (Å²) < 4.78 is 21.1. The van der Waals surface area contributed by atoms with Crippen LogP contribution in [0.1, 0.15) is 104 Å². The van der Waals surface area contributed by atoms with Crippen molar-refractivity contribution in [3.63, 3.8) is 0 Å². The van der Waals surface area contributed by atoms with E-state index in [4.69, 9.17) is 30.4 Å². The number of aromatic nitrogens is 1. The molecule has 0 aliphatic heterocycles. The minimum atomic E-state index is -1.58. The number of hydrogen-bond acceptors (Lipinski definition) is 19. The van der Waals surface area contributed by atoms with E-state index in [1.54, 1.807) is 94.4 Å². The number of rotatable bonds is 40. The third-order valence-electron chi connectivity index (χ3n) is 13.4. The molecular weight excluding hydrogens is 1170 g/mol. The molecule has 0 aliphatic carbocycles. The Kier molecular flexibility index (Phi) is 32.4. The van der Waals surface area contributed by atoms with Gasteiger partial charge >= 0.3 is 11.9 Å². The van der Waals surface area contributed by atoms with Crippen LogP contribution in [0.25, 0.3) is 0 Å². The second kappa shape index (κ2) is 38.9. The molecule has 0 fully saturated rings. The standard InChI is InChI=1S/C61H87N11O18/c1-34(2)28-40(54(79)64-42(32-46(62)75)56(81)68-44(60(85)87-7)30-38-18-11-9-12-19-38)66-58(83)52(36(5)73)70-48(77)22-16-26-89-50-24-15-25-51(72-50)90-27-17-23-49(78)71-53(37(6)74)59(84)67-41(29-35(3)4)55(80)65-43(33-47(63)76)57(82)69-45(61(86)88-8)31-39-20-13-10-14-21-39/h9-15,18-21,24-25,34-37,40-45,52-53,73-74H,16-17,22-23,26-33H2,1-8H3,(H2,62,75)(H2,63,76)(H,64,79)(H,65,80)(H,66,83)(H,67,84)(H,68,81)(H,69,82)(H,70,77)(H,71,78)/t36?,37?,40-,41-,42-,43-,44-,45-,52-,53-/m0/s1. The van der Waals surface area contributed by atoms with E-state index < -0.39 is 144 Å². The van der Waals surface area contributed by atoms with Crippen molar-refractivity contribution in [3.8, 4) is 11.8 Å². The molecule has 0 radical (unpaired) electrons. The summed E-state index contributed by atoms with van der Waals surface area (Å²) in [6.45, 7) is 9.45. The smallest absolute Gasteiger partial charge is 0.328 e. The van der Waals surface area contributed by atoms with Gasteiger partial charge in [0.1, 0.15) is 48.3 Å².